The molecule has 212 valence electrons. The van der Waals surface area contributed by atoms with Crippen molar-refractivity contribution in [3.05, 3.63) is 35.9 Å². The van der Waals surface area contributed by atoms with Crippen molar-refractivity contribution >= 4 is 26.2 Å². The van der Waals surface area contributed by atoms with E-state index in [1.807, 2.05) is 35.2 Å². The van der Waals surface area contributed by atoms with Crippen molar-refractivity contribution in [1.82, 2.24) is 20.9 Å². The van der Waals surface area contributed by atoms with Crippen LogP contribution in [0.25, 0.3) is 0 Å². The number of hydrogen-bond donors (Lipinski definition) is 3. The van der Waals surface area contributed by atoms with Crippen LogP contribution in [0.5, 0.6) is 0 Å². The summed E-state index contributed by atoms with van der Waals surface area (Å²) in [5.74, 6) is -0.132. The summed E-state index contributed by atoms with van der Waals surface area (Å²) in [4.78, 5) is 40.2. The zero-order valence-electron chi connectivity index (χ0n) is 23.8. The molecule has 0 spiro atoms. The molecule has 0 aromatic heterocycles. The van der Waals surface area contributed by atoms with E-state index in [2.05, 4.69) is 56.4 Å². The van der Waals surface area contributed by atoms with Crippen LogP contribution in [0, 0.1) is 0 Å². The molecule has 2 unspecified atom stereocenters. The minimum atomic E-state index is -1.32. The van der Waals surface area contributed by atoms with Gasteiger partial charge in [0.05, 0.1) is 18.7 Å². The number of carbonyl (C=O) groups is 3. The average molecular weight is 547 g/mol. The molecule has 1 aromatic rings. The molecule has 1 heterocycles. The molecule has 10 heteroatoms. The number of likely N-dealkylation sites (tertiary alicyclic amines) is 1. The first-order valence-corrected chi connectivity index (χ1v) is 17.5. The molecule has 0 bridgehead atoms. The molecule has 1 saturated heterocycles. The van der Waals surface area contributed by atoms with Gasteiger partial charge in [-0.25, -0.2) is 9.59 Å². The number of alkyl carbamates (subject to hydrolysis) is 2. The Bertz CT molecular complexity index is 947. The number of nitrogens with zero attached hydrogens (tertiary/aromatic N) is 1. The van der Waals surface area contributed by atoms with Crippen molar-refractivity contribution in [2.75, 3.05) is 13.2 Å². The van der Waals surface area contributed by atoms with Crippen LogP contribution >= 0.6 is 0 Å². The Morgan fingerprint density at radius 3 is 2.34 bits per heavy atom. The number of hydrogen-bond acceptors (Lipinski definition) is 6. The molecular formula is C28H46N4O5Si. The minimum Gasteiger partial charge on any atom is -0.450 e. The molecule has 38 heavy (non-hydrogen) atoms. The molecule has 0 radical (unpaired) electrons. The monoisotopic (exact) mass is 546 g/mol. The van der Waals surface area contributed by atoms with Crippen molar-refractivity contribution in [3.63, 3.8) is 0 Å². The fourth-order valence-corrected chi connectivity index (χ4v) is 5.86. The average Bonchev–Trinajstić information content (AvgIpc) is 3.16. The van der Waals surface area contributed by atoms with Crippen molar-refractivity contribution in [3.8, 4) is 0 Å². The molecule has 2 aliphatic rings. The summed E-state index contributed by atoms with van der Waals surface area (Å²) < 4.78 is 10.8. The Morgan fingerprint density at radius 2 is 1.68 bits per heavy atom. The maximum Gasteiger partial charge on any atom is 0.408 e. The second kappa shape index (κ2) is 13.0. The molecule has 2 fully saturated rings. The van der Waals surface area contributed by atoms with Gasteiger partial charge in [0.1, 0.15) is 12.6 Å². The number of carbonyl (C=O) groups excluding carboxylic acids is 3. The number of rotatable bonds is 9. The first kappa shape index (κ1) is 30.0. The smallest absolute Gasteiger partial charge is 0.408 e. The molecular weight excluding hydrogens is 500 g/mol. The van der Waals surface area contributed by atoms with Gasteiger partial charge >= 0.3 is 12.2 Å². The van der Waals surface area contributed by atoms with Crippen molar-refractivity contribution in [1.29, 1.82) is 0 Å². The predicted molar refractivity (Wildman–Crippen MR) is 151 cm³/mol. The van der Waals surface area contributed by atoms with Crippen LogP contribution in [-0.4, -0.2) is 73.9 Å². The zero-order chi connectivity index (χ0) is 27.9. The molecule has 1 aliphatic carbocycles. The SMILES string of the molecule is CC(C)(C)NC1CCC(N2CC[C@H](NC(=O)OCc3ccccc3)C2=O)[C@H](NC(=O)OCC[Si](C)(C)C)C1. The van der Waals surface area contributed by atoms with Gasteiger partial charge in [-0.3, -0.25) is 4.79 Å². The second-order valence-corrected chi connectivity index (χ2v) is 18.4. The summed E-state index contributed by atoms with van der Waals surface area (Å²) >= 11 is 0. The highest BCUT2D eigenvalue weighted by Crippen LogP contribution is 2.29. The van der Waals surface area contributed by atoms with E-state index < -0.39 is 26.3 Å². The fourth-order valence-electron chi connectivity index (χ4n) is 5.14. The van der Waals surface area contributed by atoms with Crippen molar-refractivity contribution in [2.24, 2.45) is 0 Å². The van der Waals surface area contributed by atoms with Gasteiger partial charge in [0, 0.05) is 26.2 Å². The third-order valence-electron chi connectivity index (χ3n) is 6.98. The lowest BCUT2D eigenvalue weighted by Crippen LogP contribution is -2.60. The summed E-state index contributed by atoms with van der Waals surface area (Å²) in [6, 6.07) is 9.52. The van der Waals surface area contributed by atoms with Gasteiger partial charge in [0.2, 0.25) is 5.91 Å². The van der Waals surface area contributed by atoms with Crippen LogP contribution in [0.3, 0.4) is 0 Å². The predicted octanol–water partition coefficient (Wildman–Crippen LogP) is 4.26. The van der Waals surface area contributed by atoms with Crippen molar-refractivity contribution in [2.45, 2.75) is 108 Å². The van der Waals surface area contributed by atoms with E-state index in [4.69, 9.17) is 9.47 Å². The first-order valence-electron chi connectivity index (χ1n) is 13.8. The van der Waals surface area contributed by atoms with Crippen LogP contribution in [0.4, 0.5) is 9.59 Å². The molecule has 3 amide bonds. The first-order chi connectivity index (χ1) is 17.8. The second-order valence-electron chi connectivity index (χ2n) is 12.7. The summed E-state index contributed by atoms with van der Waals surface area (Å²) in [5, 5.41) is 9.45. The number of ether oxygens (including phenoxy) is 2. The Labute approximate surface area is 228 Å². The lowest BCUT2D eigenvalue weighted by atomic mass is 9.84. The summed E-state index contributed by atoms with van der Waals surface area (Å²) in [6.45, 7) is 14.2. The highest BCUT2D eigenvalue weighted by molar-refractivity contribution is 6.76. The minimum absolute atomic E-state index is 0.0571. The van der Waals surface area contributed by atoms with Gasteiger partial charge < -0.3 is 30.3 Å². The Balaban J connectivity index is 1.59. The van der Waals surface area contributed by atoms with E-state index in [9.17, 15) is 14.4 Å². The van der Waals surface area contributed by atoms with Gasteiger partial charge in [-0.05, 0) is 58.1 Å². The van der Waals surface area contributed by atoms with Crippen LogP contribution < -0.4 is 16.0 Å². The zero-order valence-corrected chi connectivity index (χ0v) is 24.8. The third kappa shape index (κ3) is 9.61. The van der Waals surface area contributed by atoms with Gasteiger partial charge in [-0.15, -0.1) is 0 Å². The van der Waals surface area contributed by atoms with E-state index >= 15 is 0 Å². The lowest BCUT2D eigenvalue weighted by Gasteiger charge is -2.43. The van der Waals surface area contributed by atoms with Gasteiger partial charge in [0.25, 0.3) is 0 Å². The number of nitrogens with one attached hydrogen (secondary N) is 3. The van der Waals surface area contributed by atoms with Crippen LogP contribution in [0.1, 0.15) is 52.0 Å². The summed E-state index contributed by atoms with van der Waals surface area (Å²) in [7, 11) is -1.32. The van der Waals surface area contributed by atoms with Gasteiger partial charge in [0.15, 0.2) is 0 Å². The summed E-state index contributed by atoms with van der Waals surface area (Å²) in [5.41, 5.74) is 0.826. The largest absolute Gasteiger partial charge is 0.450 e. The van der Waals surface area contributed by atoms with E-state index in [0.29, 0.717) is 26.0 Å². The molecule has 1 aliphatic heterocycles. The molecule has 1 aromatic carbocycles. The lowest BCUT2D eigenvalue weighted by molar-refractivity contribution is -0.132. The highest BCUT2D eigenvalue weighted by atomic mass is 28.3. The van der Waals surface area contributed by atoms with Crippen LogP contribution in [0.2, 0.25) is 25.7 Å². The molecule has 3 rings (SSSR count). The van der Waals surface area contributed by atoms with E-state index in [1.54, 1.807) is 0 Å². The Kier molecular flexibility index (Phi) is 10.2. The van der Waals surface area contributed by atoms with Crippen molar-refractivity contribution < 1.29 is 23.9 Å². The topological polar surface area (TPSA) is 109 Å². The molecule has 3 N–H and O–H groups in total. The highest BCUT2D eigenvalue weighted by Gasteiger charge is 2.43. The van der Waals surface area contributed by atoms with Crippen LogP contribution in [0.15, 0.2) is 30.3 Å². The third-order valence-corrected chi connectivity index (χ3v) is 8.69. The van der Waals surface area contributed by atoms with E-state index in [-0.39, 0.29) is 36.2 Å². The Morgan fingerprint density at radius 1 is 1.00 bits per heavy atom. The van der Waals surface area contributed by atoms with Gasteiger partial charge in [-0.1, -0.05) is 50.0 Å². The molecule has 1 saturated carbocycles. The van der Waals surface area contributed by atoms with E-state index in [0.717, 1.165) is 24.4 Å². The maximum atomic E-state index is 13.3. The van der Waals surface area contributed by atoms with E-state index in [1.165, 1.54) is 0 Å². The quantitative estimate of drug-likeness (QED) is 0.400. The molecule has 9 nitrogen and oxygen atoms in total. The van der Waals surface area contributed by atoms with Gasteiger partial charge in [-0.2, -0.15) is 0 Å². The number of amides is 3. The molecule has 4 atom stereocenters. The van der Waals surface area contributed by atoms with Crippen LogP contribution in [-0.2, 0) is 20.9 Å². The normalized spacial score (nSPS) is 24.2. The standard InChI is InChI=1S/C28H46N4O5Si/c1-28(2,3)31-21-12-13-24(23(18-21)30-26(34)36-16-17-38(4,5)6)32-15-14-22(25(32)33)29-27(35)37-19-20-10-8-7-9-11-20/h7-11,21-24,31H,12-19H2,1-6H3,(H,29,35)(H,30,34)/t21?,22-,23+,24?/m0/s1. The number of benzene rings is 1. The Hall–Kier alpha value is -2.59. The summed E-state index contributed by atoms with van der Waals surface area (Å²) in [6.07, 6.45) is 1.82. The maximum absolute atomic E-state index is 13.3. The fraction of sp³-hybridized carbons (Fsp3) is 0.679.